The van der Waals surface area contributed by atoms with Crippen LogP contribution in [0.1, 0.15) is 37.8 Å². The van der Waals surface area contributed by atoms with Gasteiger partial charge < -0.3 is 10.2 Å². The van der Waals surface area contributed by atoms with Crippen molar-refractivity contribution in [1.29, 1.82) is 0 Å². The number of benzene rings is 1. The summed E-state index contributed by atoms with van der Waals surface area (Å²) >= 11 is 0. The summed E-state index contributed by atoms with van der Waals surface area (Å²) in [6.45, 7) is 5.08. The van der Waals surface area contributed by atoms with Crippen LogP contribution in [0.25, 0.3) is 0 Å². The summed E-state index contributed by atoms with van der Waals surface area (Å²) in [5, 5.41) is 2.77. The van der Waals surface area contributed by atoms with Gasteiger partial charge in [-0.25, -0.2) is 0 Å². The molecule has 1 aliphatic heterocycles. The normalized spacial score (nSPS) is 15.4. The second kappa shape index (κ2) is 6.55. The largest absolute Gasteiger partial charge is 0.345 e. The van der Waals surface area contributed by atoms with Crippen LogP contribution >= 0.6 is 0 Å². The van der Waals surface area contributed by atoms with Gasteiger partial charge in [-0.3, -0.25) is 9.59 Å². The molecule has 108 valence electrons. The molecule has 0 spiro atoms. The Labute approximate surface area is 120 Å². The minimum atomic E-state index is -0.445. The molecule has 0 aliphatic carbocycles. The van der Waals surface area contributed by atoms with Crippen LogP contribution in [0.5, 0.6) is 0 Å². The van der Waals surface area contributed by atoms with E-state index < -0.39 is 6.04 Å². The van der Waals surface area contributed by atoms with E-state index >= 15 is 0 Å². The highest BCUT2D eigenvalue weighted by molar-refractivity contribution is 5.87. The predicted octanol–water partition coefficient (Wildman–Crippen LogP) is 1.88. The zero-order valence-electron chi connectivity index (χ0n) is 12.2. The van der Waals surface area contributed by atoms with E-state index in [0.717, 1.165) is 19.4 Å². The lowest BCUT2D eigenvalue weighted by Crippen LogP contribution is -2.48. The molecule has 1 aromatic carbocycles. The molecule has 20 heavy (non-hydrogen) atoms. The van der Waals surface area contributed by atoms with E-state index in [1.165, 1.54) is 11.1 Å². The van der Waals surface area contributed by atoms with Gasteiger partial charge in [0.2, 0.25) is 11.8 Å². The lowest BCUT2D eigenvalue weighted by atomic mass is 9.99. The number of fused-ring (bicyclic) bond motifs is 1. The molecule has 0 radical (unpaired) electrons. The zero-order chi connectivity index (χ0) is 14.5. The van der Waals surface area contributed by atoms with Crippen molar-refractivity contribution >= 4 is 11.8 Å². The second-order valence-electron chi connectivity index (χ2n) is 5.32. The van der Waals surface area contributed by atoms with Crippen molar-refractivity contribution in [2.24, 2.45) is 0 Å². The molecule has 1 aliphatic rings. The van der Waals surface area contributed by atoms with Crippen LogP contribution < -0.4 is 5.32 Å². The first-order chi connectivity index (χ1) is 9.61. The SMILES string of the molecule is CCCC(=O)N[C@@H](C)C(=O)N1CCc2ccccc2C1. The third kappa shape index (κ3) is 3.38. The molecule has 4 nitrogen and oxygen atoms in total. The van der Waals surface area contributed by atoms with Crippen molar-refractivity contribution in [3.8, 4) is 0 Å². The first-order valence-electron chi connectivity index (χ1n) is 7.26. The summed E-state index contributed by atoms with van der Waals surface area (Å²) in [5.74, 6) is -0.0466. The molecule has 1 N–H and O–H groups in total. The number of rotatable bonds is 4. The Morgan fingerprint density at radius 2 is 2.00 bits per heavy atom. The molecule has 2 rings (SSSR count). The lowest BCUT2D eigenvalue weighted by Gasteiger charge is -2.31. The average molecular weight is 274 g/mol. The highest BCUT2D eigenvalue weighted by Gasteiger charge is 2.25. The van der Waals surface area contributed by atoms with Gasteiger partial charge in [-0.2, -0.15) is 0 Å². The zero-order valence-corrected chi connectivity index (χ0v) is 12.2. The number of amides is 2. The van der Waals surface area contributed by atoms with Crippen LogP contribution in [0.4, 0.5) is 0 Å². The van der Waals surface area contributed by atoms with Crippen LogP contribution in [0.15, 0.2) is 24.3 Å². The maximum absolute atomic E-state index is 12.4. The van der Waals surface area contributed by atoms with Crippen LogP contribution in [0, 0.1) is 0 Å². The van der Waals surface area contributed by atoms with Gasteiger partial charge in [0.25, 0.3) is 0 Å². The number of nitrogens with one attached hydrogen (secondary N) is 1. The van der Waals surface area contributed by atoms with Crippen molar-refractivity contribution in [2.45, 2.75) is 45.7 Å². The van der Waals surface area contributed by atoms with Gasteiger partial charge in [-0.05, 0) is 30.9 Å². The topological polar surface area (TPSA) is 49.4 Å². The summed E-state index contributed by atoms with van der Waals surface area (Å²) in [6, 6.07) is 7.77. The molecule has 0 bridgehead atoms. The van der Waals surface area contributed by atoms with Crippen LogP contribution in [0.3, 0.4) is 0 Å². The van der Waals surface area contributed by atoms with E-state index in [1.807, 2.05) is 24.0 Å². The Hall–Kier alpha value is -1.84. The quantitative estimate of drug-likeness (QED) is 0.911. The molecular formula is C16H22N2O2. The van der Waals surface area contributed by atoms with Gasteiger partial charge >= 0.3 is 0 Å². The molecule has 4 heteroatoms. The highest BCUT2D eigenvalue weighted by atomic mass is 16.2. The van der Waals surface area contributed by atoms with Gasteiger partial charge in [-0.15, -0.1) is 0 Å². The minimum absolute atomic E-state index is 0.00366. The predicted molar refractivity (Wildman–Crippen MR) is 78.1 cm³/mol. The molecule has 1 heterocycles. The standard InChI is InChI=1S/C16H22N2O2/c1-3-6-15(19)17-12(2)16(20)18-10-9-13-7-4-5-8-14(13)11-18/h4-5,7-8,12H,3,6,9-11H2,1-2H3,(H,17,19)/t12-/m0/s1. The Kier molecular flexibility index (Phi) is 4.77. The van der Waals surface area contributed by atoms with E-state index in [1.54, 1.807) is 6.92 Å². The van der Waals surface area contributed by atoms with Crippen LogP contribution in [-0.4, -0.2) is 29.3 Å². The third-order valence-electron chi connectivity index (χ3n) is 3.67. The van der Waals surface area contributed by atoms with E-state index in [9.17, 15) is 9.59 Å². The van der Waals surface area contributed by atoms with Crippen molar-refractivity contribution < 1.29 is 9.59 Å². The summed E-state index contributed by atoms with van der Waals surface area (Å²) < 4.78 is 0. The molecule has 2 amide bonds. The van der Waals surface area contributed by atoms with Gasteiger partial charge in [0.15, 0.2) is 0 Å². The Balaban J connectivity index is 1.95. The number of carbonyl (C=O) groups excluding carboxylic acids is 2. The molecule has 0 saturated carbocycles. The van der Waals surface area contributed by atoms with E-state index in [2.05, 4.69) is 17.4 Å². The van der Waals surface area contributed by atoms with Crippen molar-refractivity contribution in [2.75, 3.05) is 6.54 Å². The van der Waals surface area contributed by atoms with Crippen LogP contribution in [0.2, 0.25) is 0 Å². The fourth-order valence-electron chi connectivity index (χ4n) is 2.56. The van der Waals surface area contributed by atoms with Crippen molar-refractivity contribution in [3.05, 3.63) is 35.4 Å². The Bertz CT molecular complexity index is 499. The molecule has 0 aromatic heterocycles. The van der Waals surface area contributed by atoms with Gasteiger partial charge in [-0.1, -0.05) is 31.2 Å². The first kappa shape index (κ1) is 14.6. The number of nitrogens with zero attached hydrogens (tertiary/aromatic N) is 1. The molecule has 1 atom stereocenters. The maximum Gasteiger partial charge on any atom is 0.245 e. The molecule has 0 fully saturated rings. The molecule has 1 aromatic rings. The highest BCUT2D eigenvalue weighted by Crippen LogP contribution is 2.18. The van der Waals surface area contributed by atoms with E-state index in [-0.39, 0.29) is 11.8 Å². The Morgan fingerprint density at radius 3 is 2.70 bits per heavy atom. The number of hydrogen-bond acceptors (Lipinski definition) is 2. The first-order valence-corrected chi connectivity index (χ1v) is 7.26. The van der Waals surface area contributed by atoms with Crippen LogP contribution in [-0.2, 0) is 22.6 Å². The van der Waals surface area contributed by atoms with E-state index in [4.69, 9.17) is 0 Å². The van der Waals surface area contributed by atoms with E-state index in [0.29, 0.717) is 13.0 Å². The maximum atomic E-state index is 12.4. The molecule has 0 unspecified atom stereocenters. The number of hydrogen-bond donors (Lipinski definition) is 1. The van der Waals surface area contributed by atoms with Gasteiger partial charge in [0.05, 0.1) is 0 Å². The third-order valence-corrected chi connectivity index (χ3v) is 3.67. The fourth-order valence-corrected chi connectivity index (χ4v) is 2.56. The van der Waals surface area contributed by atoms with Crippen molar-refractivity contribution in [3.63, 3.8) is 0 Å². The molecule has 0 saturated heterocycles. The smallest absolute Gasteiger partial charge is 0.245 e. The number of carbonyl (C=O) groups is 2. The lowest BCUT2D eigenvalue weighted by molar-refractivity contribution is -0.136. The fraction of sp³-hybridized carbons (Fsp3) is 0.500. The monoisotopic (exact) mass is 274 g/mol. The van der Waals surface area contributed by atoms with Gasteiger partial charge in [0, 0.05) is 19.5 Å². The van der Waals surface area contributed by atoms with Crippen molar-refractivity contribution in [1.82, 2.24) is 10.2 Å². The minimum Gasteiger partial charge on any atom is -0.345 e. The summed E-state index contributed by atoms with van der Waals surface area (Å²) in [5.41, 5.74) is 2.53. The summed E-state index contributed by atoms with van der Waals surface area (Å²) in [7, 11) is 0. The molecular weight excluding hydrogens is 252 g/mol. The summed E-state index contributed by atoms with van der Waals surface area (Å²) in [6.07, 6.45) is 2.15. The Morgan fingerprint density at radius 1 is 1.30 bits per heavy atom. The van der Waals surface area contributed by atoms with Gasteiger partial charge in [0.1, 0.15) is 6.04 Å². The summed E-state index contributed by atoms with van der Waals surface area (Å²) in [4.78, 5) is 25.7. The second-order valence-corrected chi connectivity index (χ2v) is 5.32. The average Bonchev–Trinajstić information content (AvgIpc) is 2.46.